The van der Waals surface area contributed by atoms with Crippen LogP contribution in [0.15, 0.2) is 46.8 Å². The molecule has 1 aromatic carbocycles. The molecule has 0 aliphatic heterocycles. The van der Waals surface area contributed by atoms with Crippen molar-refractivity contribution < 1.29 is 0 Å². The van der Waals surface area contributed by atoms with Crippen LogP contribution in [0.3, 0.4) is 0 Å². The minimum Gasteiger partial charge on any atom is -0.352 e. The summed E-state index contributed by atoms with van der Waals surface area (Å²) in [6, 6.07) is 12.5. The van der Waals surface area contributed by atoms with E-state index in [-0.39, 0.29) is 24.0 Å². The first-order valence-electron chi connectivity index (χ1n) is 6.31. The molecule has 2 N–H and O–H groups in total. The van der Waals surface area contributed by atoms with Crippen LogP contribution in [0.2, 0.25) is 0 Å². The molecule has 0 aliphatic rings. The van der Waals surface area contributed by atoms with Crippen molar-refractivity contribution in [1.82, 2.24) is 10.6 Å². The molecule has 3 nitrogen and oxygen atoms in total. The van der Waals surface area contributed by atoms with Gasteiger partial charge in [-0.2, -0.15) is 0 Å². The van der Waals surface area contributed by atoms with Crippen LogP contribution < -0.4 is 10.6 Å². The van der Waals surface area contributed by atoms with Gasteiger partial charge in [0.25, 0.3) is 0 Å². The Kier molecular flexibility index (Phi) is 7.61. The summed E-state index contributed by atoms with van der Waals surface area (Å²) in [5.74, 6) is 0.830. The summed E-state index contributed by atoms with van der Waals surface area (Å²) in [4.78, 5) is 5.58. The molecule has 0 saturated heterocycles. The first-order chi connectivity index (χ1) is 9.29. The summed E-state index contributed by atoms with van der Waals surface area (Å²) in [5.41, 5.74) is 2.58. The van der Waals surface area contributed by atoms with E-state index in [1.54, 1.807) is 18.4 Å². The largest absolute Gasteiger partial charge is 0.352 e. The van der Waals surface area contributed by atoms with Gasteiger partial charge in [0.1, 0.15) is 0 Å². The molecule has 2 aromatic rings. The second-order valence-electron chi connectivity index (χ2n) is 4.29. The average Bonchev–Trinajstić information content (AvgIpc) is 2.86. The lowest BCUT2D eigenvalue weighted by Gasteiger charge is -2.11. The molecule has 0 spiro atoms. The van der Waals surface area contributed by atoms with Crippen LogP contribution in [-0.2, 0) is 13.1 Å². The fourth-order valence-corrected chi connectivity index (χ4v) is 2.60. The van der Waals surface area contributed by atoms with Crippen molar-refractivity contribution in [3.63, 3.8) is 0 Å². The maximum Gasteiger partial charge on any atom is 0.191 e. The zero-order valence-electron chi connectivity index (χ0n) is 11.7. The lowest BCUT2D eigenvalue weighted by molar-refractivity contribution is 0.813. The van der Waals surface area contributed by atoms with Gasteiger partial charge in [-0.1, -0.05) is 30.3 Å². The molecule has 108 valence electrons. The summed E-state index contributed by atoms with van der Waals surface area (Å²) in [5, 5.41) is 8.76. The van der Waals surface area contributed by atoms with Crippen LogP contribution in [0.1, 0.15) is 16.0 Å². The number of aliphatic imine (C=N–C) groups is 1. The number of aryl methyl sites for hydroxylation is 1. The summed E-state index contributed by atoms with van der Waals surface area (Å²) in [6.45, 7) is 3.73. The Morgan fingerprint density at radius 3 is 2.40 bits per heavy atom. The number of hydrogen-bond acceptors (Lipinski definition) is 2. The predicted molar refractivity (Wildman–Crippen MR) is 98.0 cm³/mol. The molecule has 0 bridgehead atoms. The lowest BCUT2D eigenvalue weighted by Crippen LogP contribution is -2.36. The minimum absolute atomic E-state index is 0. The third kappa shape index (κ3) is 5.13. The van der Waals surface area contributed by atoms with Gasteiger partial charge in [0, 0.05) is 18.5 Å². The molecule has 0 aliphatic carbocycles. The summed E-state index contributed by atoms with van der Waals surface area (Å²) < 4.78 is 0. The van der Waals surface area contributed by atoms with Crippen LogP contribution in [0.5, 0.6) is 0 Å². The topological polar surface area (TPSA) is 36.4 Å². The van der Waals surface area contributed by atoms with E-state index >= 15 is 0 Å². The molecule has 0 radical (unpaired) electrons. The fourth-order valence-electron chi connectivity index (χ4n) is 1.75. The maximum atomic E-state index is 4.23. The molecule has 1 aromatic heterocycles. The number of halogens is 1. The molecular weight excluding hydrogens is 381 g/mol. The van der Waals surface area contributed by atoms with E-state index in [2.05, 4.69) is 46.1 Å². The van der Waals surface area contributed by atoms with E-state index < -0.39 is 0 Å². The third-order valence-electron chi connectivity index (χ3n) is 2.91. The van der Waals surface area contributed by atoms with E-state index in [4.69, 9.17) is 0 Å². The molecule has 0 unspecified atom stereocenters. The first kappa shape index (κ1) is 17.0. The smallest absolute Gasteiger partial charge is 0.191 e. The Bertz CT molecular complexity index is 537. The summed E-state index contributed by atoms with van der Waals surface area (Å²) in [7, 11) is 1.79. The Labute approximate surface area is 141 Å². The third-order valence-corrected chi connectivity index (χ3v) is 3.93. The zero-order valence-corrected chi connectivity index (χ0v) is 14.9. The van der Waals surface area contributed by atoms with Crippen molar-refractivity contribution in [2.75, 3.05) is 7.05 Å². The second kappa shape index (κ2) is 8.97. The van der Waals surface area contributed by atoms with Crippen LogP contribution in [0.25, 0.3) is 0 Å². The van der Waals surface area contributed by atoms with E-state index in [9.17, 15) is 0 Å². The predicted octanol–water partition coefficient (Wildman–Crippen LogP) is 3.54. The summed E-state index contributed by atoms with van der Waals surface area (Å²) >= 11 is 1.77. The van der Waals surface area contributed by atoms with Gasteiger partial charge in [-0.05, 0) is 29.5 Å². The Morgan fingerprint density at radius 2 is 1.80 bits per heavy atom. The van der Waals surface area contributed by atoms with Crippen LogP contribution in [0.4, 0.5) is 0 Å². The first-order valence-corrected chi connectivity index (χ1v) is 7.19. The van der Waals surface area contributed by atoms with Gasteiger partial charge in [-0.15, -0.1) is 35.3 Å². The lowest BCUT2D eigenvalue weighted by atomic mass is 10.2. The number of nitrogens with one attached hydrogen (secondary N) is 2. The Hall–Kier alpha value is -1.08. The molecule has 0 amide bonds. The highest BCUT2D eigenvalue weighted by atomic mass is 127. The van der Waals surface area contributed by atoms with Gasteiger partial charge >= 0.3 is 0 Å². The second-order valence-corrected chi connectivity index (χ2v) is 5.29. The number of nitrogens with zero attached hydrogens (tertiary/aromatic N) is 1. The van der Waals surface area contributed by atoms with E-state index in [1.807, 2.05) is 18.2 Å². The molecule has 0 saturated carbocycles. The number of guanidine groups is 1. The van der Waals surface area contributed by atoms with Crippen LogP contribution in [0, 0.1) is 6.92 Å². The van der Waals surface area contributed by atoms with Crippen molar-refractivity contribution in [2.45, 2.75) is 20.0 Å². The van der Waals surface area contributed by atoms with Gasteiger partial charge in [0.2, 0.25) is 0 Å². The summed E-state index contributed by atoms with van der Waals surface area (Å²) in [6.07, 6.45) is 0. The van der Waals surface area contributed by atoms with Gasteiger partial charge < -0.3 is 10.6 Å². The maximum absolute atomic E-state index is 4.23. The molecule has 0 atom stereocenters. The van der Waals surface area contributed by atoms with Crippen molar-refractivity contribution >= 4 is 41.3 Å². The van der Waals surface area contributed by atoms with Crippen molar-refractivity contribution in [3.05, 3.63) is 57.8 Å². The molecule has 0 fully saturated rings. The standard InChI is InChI=1S/C15H19N3S.HI/c1-12-8-9-19-14(12)11-18-15(16-2)17-10-13-6-4-3-5-7-13;/h3-9H,10-11H2,1-2H3,(H2,16,17,18);1H. The molecular formula is C15H20IN3S. The van der Waals surface area contributed by atoms with E-state index in [0.717, 1.165) is 19.0 Å². The normalized spacial score (nSPS) is 10.8. The quantitative estimate of drug-likeness (QED) is 0.467. The highest BCUT2D eigenvalue weighted by molar-refractivity contribution is 14.0. The van der Waals surface area contributed by atoms with Gasteiger partial charge in [-0.25, -0.2) is 0 Å². The zero-order chi connectivity index (χ0) is 13.5. The van der Waals surface area contributed by atoms with Crippen LogP contribution >= 0.6 is 35.3 Å². The fraction of sp³-hybridized carbons (Fsp3) is 0.267. The molecule has 1 heterocycles. The van der Waals surface area contributed by atoms with E-state index in [1.165, 1.54) is 16.0 Å². The number of benzene rings is 1. The monoisotopic (exact) mass is 401 g/mol. The van der Waals surface area contributed by atoms with Crippen molar-refractivity contribution in [3.8, 4) is 0 Å². The highest BCUT2D eigenvalue weighted by Crippen LogP contribution is 2.14. The molecule has 5 heteroatoms. The minimum atomic E-state index is 0. The SMILES string of the molecule is CN=C(NCc1ccccc1)NCc1sccc1C.I. The number of hydrogen-bond donors (Lipinski definition) is 2. The van der Waals surface area contributed by atoms with Crippen LogP contribution in [-0.4, -0.2) is 13.0 Å². The van der Waals surface area contributed by atoms with E-state index in [0.29, 0.717) is 0 Å². The number of rotatable bonds is 4. The van der Waals surface area contributed by atoms with Gasteiger partial charge in [0.15, 0.2) is 5.96 Å². The Morgan fingerprint density at radius 1 is 1.10 bits per heavy atom. The highest BCUT2D eigenvalue weighted by Gasteiger charge is 2.02. The number of thiophene rings is 1. The Balaban J connectivity index is 0.00000200. The van der Waals surface area contributed by atoms with Crippen molar-refractivity contribution in [1.29, 1.82) is 0 Å². The molecule has 2 rings (SSSR count). The molecule has 20 heavy (non-hydrogen) atoms. The van der Waals surface area contributed by atoms with Gasteiger partial charge in [0.05, 0.1) is 6.54 Å². The van der Waals surface area contributed by atoms with Crippen molar-refractivity contribution in [2.24, 2.45) is 4.99 Å². The average molecular weight is 401 g/mol. The van der Waals surface area contributed by atoms with Gasteiger partial charge in [-0.3, -0.25) is 4.99 Å².